The number of aromatic nitrogens is 3. The second-order valence-corrected chi connectivity index (χ2v) is 8.55. The molecule has 1 aromatic carbocycles. The molecule has 0 unspecified atom stereocenters. The van der Waals surface area contributed by atoms with E-state index in [-0.39, 0.29) is 29.7 Å². The largest absolute Gasteiger partial charge is 0.350 e. The fraction of sp³-hybridized carbons (Fsp3) is 0.474. The van der Waals surface area contributed by atoms with Crippen LogP contribution in [-0.4, -0.2) is 56.4 Å². The molecule has 146 valence electrons. The van der Waals surface area contributed by atoms with E-state index in [1.54, 1.807) is 13.4 Å². The third-order valence-corrected chi connectivity index (χ3v) is 4.70. The molecular weight excluding hydrogens is 362 g/mol. The zero-order valence-corrected chi connectivity index (χ0v) is 17.6. The summed E-state index contributed by atoms with van der Waals surface area (Å²) in [7, 11) is 1.62. The number of amides is 2. The number of hydrogen-bond acceptors (Lipinski definition) is 5. The third-order valence-electron chi connectivity index (χ3n) is 3.77. The third kappa shape index (κ3) is 6.09. The minimum absolute atomic E-state index is 0.0282. The summed E-state index contributed by atoms with van der Waals surface area (Å²) in [6.07, 6.45) is 1.64. The average molecular weight is 390 g/mol. The Morgan fingerprint density at radius 3 is 2.59 bits per heavy atom. The van der Waals surface area contributed by atoms with Gasteiger partial charge in [0.15, 0.2) is 5.16 Å². The SMILES string of the molecule is Cc1ccc(-n2cnnc2SCC(=O)N(C)CC(=O)NC(C)(C)C)c(C)c1. The molecule has 1 heterocycles. The van der Waals surface area contributed by atoms with Gasteiger partial charge in [-0.3, -0.25) is 14.2 Å². The topological polar surface area (TPSA) is 80.1 Å². The Bertz CT molecular complexity index is 826. The van der Waals surface area contributed by atoms with Crippen LogP contribution in [0.25, 0.3) is 5.69 Å². The summed E-state index contributed by atoms with van der Waals surface area (Å²) in [6, 6.07) is 6.14. The van der Waals surface area contributed by atoms with E-state index in [0.29, 0.717) is 5.16 Å². The quantitative estimate of drug-likeness (QED) is 0.767. The first kappa shape index (κ1) is 21.0. The summed E-state index contributed by atoms with van der Waals surface area (Å²) in [5, 5.41) is 11.6. The van der Waals surface area contributed by atoms with Crippen LogP contribution in [0.4, 0.5) is 0 Å². The summed E-state index contributed by atoms with van der Waals surface area (Å²) >= 11 is 1.30. The van der Waals surface area contributed by atoms with Gasteiger partial charge in [-0.15, -0.1) is 10.2 Å². The minimum Gasteiger partial charge on any atom is -0.350 e. The number of carbonyl (C=O) groups is 2. The van der Waals surface area contributed by atoms with Gasteiger partial charge in [-0.2, -0.15) is 0 Å². The number of benzene rings is 1. The maximum Gasteiger partial charge on any atom is 0.240 e. The Morgan fingerprint density at radius 2 is 1.96 bits per heavy atom. The summed E-state index contributed by atoms with van der Waals surface area (Å²) in [6.45, 7) is 9.82. The highest BCUT2D eigenvalue weighted by Crippen LogP contribution is 2.22. The molecule has 0 radical (unpaired) electrons. The smallest absolute Gasteiger partial charge is 0.240 e. The van der Waals surface area contributed by atoms with E-state index in [1.807, 2.05) is 51.3 Å². The molecular formula is C19H27N5O2S. The number of nitrogens with one attached hydrogen (secondary N) is 1. The second-order valence-electron chi connectivity index (χ2n) is 7.61. The highest BCUT2D eigenvalue weighted by molar-refractivity contribution is 7.99. The van der Waals surface area contributed by atoms with Gasteiger partial charge in [0, 0.05) is 12.6 Å². The molecule has 0 bridgehead atoms. The van der Waals surface area contributed by atoms with Crippen LogP contribution in [0.2, 0.25) is 0 Å². The fourth-order valence-electron chi connectivity index (χ4n) is 2.56. The van der Waals surface area contributed by atoms with Crippen LogP contribution >= 0.6 is 11.8 Å². The van der Waals surface area contributed by atoms with Crippen LogP contribution < -0.4 is 5.32 Å². The number of hydrogen-bond donors (Lipinski definition) is 1. The first-order chi connectivity index (χ1) is 12.6. The molecule has 0 fully saturated rings. The van der Waals surface area contributed by atoms with Gasteiger partial charge in [0.1, 0.15) is 6.33 Å². The van der Waals surface area contributed by atoms with Crippen molar-refractivity contribution >= 4 is 23.6 Å². The van der Waals surface area contributed by atoms with E-state index in [1.165, 1.54) is 22.2 Å². The van der Waals surface area contributed by atoms with Gasteiger partial charge in [-0.1, -0.05) is 29.5 Å². The maximum atomic E-state index is 12.4. The summed E-state index contributed by atoms with van der Waals surface area (Å²) in [5.41, 5.74) is 2.96. The second kappa shape index (κ2) is 8.56. The van der Waals surface area contributed by atoms with Crippen molar-refractivity contribution in [1.29, 1.82) is 0 Å². The molecule has 0 atom stereocenters. The molecule has 27 heavy (non-hydrogen) atoms. The zero-order valence-electron chi connectivity index (χ0n) is 16.7. The summed E-state index contributed by atoms with van der Waals surface area (Å²) in [4.78, 5) is 25.8. The van der Waals surface area contributed by atoms with Crippen LogP contribution in [-0.2, 0) is 9.59 Å². The molecule has 8 heteroatoms. The molecule has 0 aliphatic rings. The Morgan fingerprint density at radius 1 is 1.26 bits per heavy atom. The van der Waals surface area contributed by atoms with Gasteiger partial charge in [-0.25, -0.2) is 0 Å². The first-order valence-electron chi connectivity index (χ1n) is 8.72. The predicted molar refractivity (Wildman–Crippen MR) is 107 cm³/mol. The maximum absolute atomic E-state index is 12.4. The average Bonchev–Trinajstić information content (AvgIpc) is 2.98. The van der Waals surface area contributed by atoms with E-state index in [4.69, 9.17) is 0 Å². The molecule has 0 aliphatic heterocycles. The summed E-state index contributed by atoms with van der Waals surface area (Å²) < 4.78 is 1.87. The molecule has 1 N–H and O–H groups in total. The molecule has 1 aromatic heterocycles. The van der Waals surface area contributed by atoms with Crippen molar-refractivity contribution in [1.82, 2.24) is 25.0 Å². The monoisotopic (exact) mass is 389 g/mol. The molecule has 7 nitrogen and oxygen atoms in total. The highest BCUT2D eigenvalue weighted by Gasteiger charge is 2.19. The Kier molecular flexibility index (Phi) is 6.64. The van der Waals surface area contributed by atoms with Gasteiger partial charge < -0.3 is 10.2 Å². The van der Waals surface area contributed by atoms with E-state index in [9.17, 15) is 9.59 Å². The predicted octanol–water partition coefficient (Wildman–Crippen LogP) is 2.35. The van der Waals surface area contributed by atoms with Crippen LogP contribution in [0.3, 0.4) is 0 Å². The van der Waals surface area contributed by atoms with Crippen molar-refractivity contribution in [3.8, 4) is 5.69 Å². The van der Waals surface area contributed by atoms with Crippen LogP contribution in [0.15, 0.2) is 29.7 Å². The van der Waals surface area contributed by atoms with Crippen molar-refractivity contribution in [3.05, 3.63) is 35.7 Å². The van der Waals surface area contributed by atoms with Gasteiger partial charge in [0.2, 0.25) is 11.8 Å². The van der Waals surface area contributed by atoms with E-state index in [2.05, 4.69) is 21.6 Å². The molecule has 0 saturated carbocycles. The van der Waals surface area contributed by atoms with Crippen molar-refractivity contribution in [2.24, 2.45) is 0 Å². The van der Waals surface area contributed by atoms with Crippen LogP contribution in [0, 0.1) is 13.8 Å². The lowest BCUT2D eigenvalue weighted by Crippen LogP contribution is -2.46. The van der Waals surface area contributed by atoms with Crippen molar-refractivity contribution in [2.75, 3.05) is 19.3 Å². The Balaban J connectivity index is 1.98. The van der Waals surface area contributed by atoms with E-state index < -0.39 is 0 Å². The number of nitrogens with zero attached hydrogens (tertiary/aromatic N) is 4. The van der Waals surface area contributed by atoms with Crippen LogP contribution in [0.5, 0.6) is 0 Å². The number of aryl methyl sites for hydroxylation is 2. The highest BCUT2D eigenvalue weighted by atomic mass is 32.2. The molecule has 2 rings (SSSR count). The standard InChI is InChI=1S/C19H27N5O2S/c1-13-7-8-15(14(2)9-13)24-12-20-22-18(24)27-11-17(26)23(6)10-16(25)21-19(3,4)5/h7-9,12H,10-11H2,1-6H3,(H,21,25). The lowest BCUT2D eigenvalue weighted by molar-refractivity contribution is -0.133. The number of thioether (sulfide) groups is 1. The summed E-state index contributed by atoms with van der Waals surface area (Å²) in [5.74, 6) is -0.135. The number of likely N-dealkylation sites (N-methyl/N-ethyl adjacent to an activating group) is 1. The zero-order chi connectivity index (χ0) is 20.2. The Hall–Kier alpha value is -2.35. The first-order valence-corrected chi connectivity index (χ1v) is 9.71. The van der Waals surface area contributed by atoms with Crippen molar-refractivity contribution < 1.29 is 9.59 Å². The van der Waals surface area contributed by atoms with Gasteiger partial charge in [-0.05, 0) is 46.2 Å². The van der Waals surface area contributed by atoms with E-state index >= 15 is 0 Å². The normalized spacial score (nSPS) is 11.3. The number of carbonyl (C=O) groups excluding carboxylic acids is 2. The van der Waals surface area contributed by atoms with Crippen LogP contribution in [0.1, 0.15) is 31.9 Å². The minimum atomic E-state index is -0.321. The lowest BCUT2D eigenvalue weighted by Gasteiger charge is -2.23. The fourth-order valence-corrected chi connectivity index (χ4v) is 3.42. The Labute approximate surface area is 164 Å². The molecule has 2 amide bonds. The molecule has 0 saturated heterocycles. The lowest BCUT2D eigenvalue weighted by atomic mass is 10.1. The van der Waals surface area contributed by atoms with Crippen molar-refractivity contribution in [3.63, 3.8) is 0 Å². The molecule has 0 aliphatic carbocycles. The van der Waals surface area contributed by atoms with Gasteiger partial charge in [0.05, 0.1) is 18.0 Å². The van der Waals surface area contributed by atoms with Gasteiger partial charge >= 0.3 is 0 Å². The molecule has 0 spiro atoms. The van der Waals surface area contributed by atoms with E-state index in [0.717, 1.165) is 11.3 Å². The molecule has 2 aromatic rings. The van der Waals surface area contributed by atoms with Crippen molar-refractivity contribution in [2.45, 2.75) is 45.3 Å². The number of rotatable bonds is 6. The van der Waals surface area contributed by atoms with Gasteiger partial charge in [0.25, 0.3) is 0 Å².